The first kappa shape index (κ1) is 12.8. The summed E-state index contributed by atoms with van der Waals surface area (Å²) in [5.74, 6) is -0.376. The molecule has 2 amide bonds. The molecule has 0 spiro atoms. The van der Waals surface area contributed by atoms with Crippen molar-refractivity contribution < 1.29 is 9.59 Å². The minimum absolute atomic E-state index is 0.102. The number of hydrogen-bond donors (Lipinski definition) is 1. The van der Waals surface area contributed by atoms with Gasteiger partial charge >= 0.3 is 0 Å². The molecule has 18 heavy (non-hydrogen) atoms. The number of carbonyl (C=O) groups excluding carboxylic acids is 2. The first-order valence-electron chi connectivity index (χ1n) is 6.11. The number of carbonyl (C=O) groups is 2. The maximum Gasteiger partial charge on any atom is 0.262 e. The Morgan fingerprint density at radius 2 is 1.61 bits per heavy atom. The van der Waals surface area contributed by atoms with Crippen molar-refractivity contribution in [3.05, 3.63) is 35.4 Å². The molecule has 2 rings (SSSR count). The Bertz CT molecular complexity index is 475. The molecule has 1 aliphatic heterocycles. The molecule has 4 nitrogen and oxygen atoms in total. The molecule has 96 valence electrons. The van der Waals surface area contributed by atoms with E-state index in [4.69, 9.17) is 5.73 Å². The van der Waals surface area contributed by atoms with Gasteiger partial charge in [-0.05, 0) is 25.0 Å². The molecule has 1 unspecified atom stereocenters. The second-order valence-corrected chi connectivity index (χ2v) is 5.21. The van der Waals surface area contributed by atoms with Gasteiger partial charge in [0.2, 0.25) is 0 Å². The molecule has 0 aliphatic carbocycles. The van der Waals surface area contributed by atoms with Crippen LogP contribution in [0.15, 0.2) is 24.3 Å². The molecule has 0 saturated carbocycles. The van der Waals surface area contributed by atoms with Gasteiger partial charge in [-0.1, -0.05) is 26.0 Å². The van der Waals surface area contributed by atoms with Crippen molar-refractivity contribution in [3.63, 3.8) is 0 Å². The van der Waals surface area contributed by atoms with E-state index in [9.17, 15) is 9.59 Å². The number of hydrogen-bond acceptors (Lipinski definition) is 3. The van der Waals surface area contributed by atoms with Crippen LogP contribution < -0.4 is 5.73 Å². The lowest BCUT2D eigenvalue weighted by Gasteiger charge is -2.39. The molecule has 0 radical (unpaired) electrons. The van der Waals surface area contributed by atoms with Crippen molar-refractivity contribution >= 4 is 11.8 Å². The van der Waals surface area contributed by atoms with Crippen LogP contribution in [0.1, 0.15) is 41.5 Å². The van der Waals surface area contributed by atoms with E-state index < -0.39 is 5.54 Å². The van der Waals surface area contributed by atoms with Gasteiger partial charge < -0.3 is 5.73 Å². The zero-order valence-corrected chi connectivity index (χ0v) is 10.9. The van der Waals surface area contributed by atoms with Gasteiger partial charge in [0.25, 0.3) is 11.8 Å². The number of nitrogens with two attached hydrogens (primary N) is 1. The van der Waals surface area contributed by atoms with Crippen LogP contribution in [0.3, 0.4) is 0 Å². The average Bonchev–Trinajstić information content (AvgIpc) is 2.62. The lowest BCUT2D eigenvalue weighted by molar-refractivity contribution is 0.0372. The van der Waals surface area contributed by atoms with Crippen LogP contribution in [-0.4, -0.2) is 28.8 Å². The maximum absolute atomic E-state index is 12.4. The molecule has 1 heterocycles. The minimum Gasteiger partial charge on any atom is -0.328 e. The normalized spacial score (nSPS) is 18.2. The Morgan fingerprint density at radius 1 is 1.17 bits per heavy atom. The highest BCUT2D eigenvalue weighted by atomic mass is 16.2. The van der Waals surface area contributed by atoms with E-state index in [0.717, 1.165) is 0 Å². The second-order valence-electron chi connectivity index (χ2n) is 5.21. The van der Waals surface area contributed by atoms with Crippen LogP contribution in [0.5, 0.6) is 0 Å². The number of imide groups is 1. The molecule has 1 aromatic rings. The predicted octanol–water partition coefficient (Wildman–Crippen LogP) is 1.66. The zero-order chi connectivity index (χ0) is 13.5. The summed E-state index contributed by atoms with van der Waals surface area (Å²) in [5, 5.41) is 0. The van der Waals surface area contributed by atoms with Crippen LogP contribution in [0, 0.1) is 5.92 Å². The van der Waals surface area contributed by atoms with Crippen molar-refractivity contribution in [1.82, 2.24) is 4.90 Å². The van der Waals surface area contributed by atoms with Gasteiger partial charge in [0.15, 0.2) is 0 Å². The lowest BCUT2D eigenvalue weighted by Crippen LogP contribution is -2.57. The van der Waals surface area contributed by atoms with E-state index in [-0.39, 0.29) is 24.3 Å². The lowest BCUT2D eigenvalue weighted by atomic mass is 9.86. The van der Waals surface area contributed by atoms with Crippen LogP contribution in [0.4, 0.5) is 0 Å². The summed E-state index contributed by atoms with van der Waals surface area (Å²) >= 11 is 0. The zero-order valence-electron chi connectivity index (χ0n) is 10.9. The summed E-state index contributed by atoms with van der Waals surface area (Å²) in [6.45, 7) is 6.06. The first-order valence-corrected chi connectivity index (χ1v) is 6.11. The molecule has 1 aromatic carbocycles. The van der Waals surface area contributed by atoms with E-state index in [2.05, 4.69) is 0 Å². The highest BCUT2D eigenvalue weighted by molar-refractivity contribution is 6.21. The molecule has 0 bridgehead atoms. The van der Waals surface area contributed by atoms with Crippen molar-refractivity contribution in [1.29, 1.82) is 0 Å². The molecule has 0 saturated heterocycles. The standard InChI is InChI=1S/C14H18N2O2/c1-9(2)14(3,8-15)16-12(17)10-6-4-5-7-11(10)13(16)18/h4-7,9H,8,15H2,1-3H3. The Labute approximate surface area is 107 Å². The van der Waals surface area contributed by atoms with Gasteiger partial charge in [-0.3, -0.25) is 14.5 Å². The van der Waals surface area contributed by atoms with Gasteiger partial charge in [0, 0.05) is 6.54 Å². The predicted molar refractivity (Wildman–Crippen MR) is 69.2 cm³/mol. The molecule has 1 aliphatic rings. The first-order chi connectivity index (χ1) is 8.43. The van der Waals surface area contributed by atoms with Crippen LogP contribution in [0.25, 0.3) is 0 Å². The van der Waals surface area contributed by atoms with Crippen LogP contribution in [0.2, 0.25) is 0 Å². The van der Waals surface area contributed by atoms with Crippen LogP contribution in [-0.2, 0) is 0 Å². The minimum atomic E-state index is -0.646. The molecule has 0 fully saturated rings. The van der Waals surface area contributed by atoms with E-state index in [1.54, 1.807) is 24.3 Å². The molecule has 2 N–H and O–H groups in total. The van der Waals surface area contributed by atoms with Gasteiger partial charge in [-0.25, -0.2) is 0 Å². The third-order valence-corrected chi connectivity index (χ3v) is 3.96. The second kappa shape index (κ2) is 4.21. The van der Waals surface area contributed by atoms with Crippen molar-refractivity contribution in [3.8, 4) is 0 Å². The van der Waals surface area contributed by atoms with Gasteiger partial charge in [-0.2, -0.15) is 0 Å². The smallest absolute Gasteiger partial charge is 0.262 e. The summed E-state index contributed by atoms with van der Waals surface area (Å²) in [6, 6.07) is 6.91. The monoisotopic (exact) mass is 246 g/mol. The third-order valence-electron chi connectivity index (χ3n) is 3.96. The molecular formula is C14H18N2O2. The highest BCUT2D eigenvalue weighted by Gasteiger charge is 2.47. The Hall–Kier alpha value is -1.68. The van der Waals surface area contributed by atoms with Crippen molar-refractivity contribution in [2.75, 3.05) is 6.54 Å². The summed E-state index contributed by atoms with van der Waals surface area (Å²) in [4.78, 5) is 26.1. The van der Waals surface area contributed by atoms with Gasteiger partial charge in [0.05, 0.1) is 16.7 Å². The average molecular weight is 246 g/mol. The topological polar surface area (TPSA) is 63.4 Å². The summed E-state index contributed by atoms with van der Waals surface area (Å²) in [7, 11) is 0. The maximum atomic E-state index is 12.4. The molecule has 4 heteroatoms. The fraction of sp³-hybridized carbons (Fsp3) is 0.429. The number of rotatable bonds is 3. The summed E-state index contributed by atoms with van der Waals surface area (Å²) in [5.41, 5.74) is 6.11. The third kappa shape index (κ3) is 1.56. The van der Waals surface area contributed by atoms with Crippen molar-refractivity contribution in [2.45, 2.75) is 26.3 Å². The van der Waals surface area contributed by atoms with Crippen molar-refractivity contribution in [2.24, 2.45) is 11.7 Å². The number of benzene rings is 1. The van der Waals surface area contributed by atoms with Gasteiger partial charge in [-0.15, -0.1) is 0 Å². The molecule has 1 atom stereocenters. The SMILES string of the molecule is CC(C)C(C)(CN)N1C(=O)c2ccccc2C1=O. The number of fused-ring (bicyclic) bond motifs is 1. The molecule has 0 aromatic heterocycles. The summed E-state index contributed by atoms with van der Waals surface area (Å²) < 4.78 is 0. The van der Waals surface area contributed by atoms with Crippen LogP contribution >= 0.6 is 0 Å². The fourth-order valence-corrected chi connectivity index (χ4v) is 2.24. The largest absolute Gasteiger partial charge is 0.328 e. The summed E-state index contributed by atoms with van der Waals surface area (Å²) in [6.07, 6.45) is 0. The number of nitrogens with zero attached hydrogens (tertiary/aromatic N) is 1. The Balaban J connectivity index is 2.51. The quantitative estimate of drug-likeness (QED) is 0.825. The van der Waals surface area contributed by atoms with E-state index in [0.29, 0.717) is 11.1 Å². The number of amides is 2. The van der Waals surface area contributed by atoms with E-state index in [1.165, 1.54) is 4.90 Å². The van der Waals surface area contributed by atoms with E-state index >= 15 is 0 Å². The Morgan fingerprint density at radius 3 is 1.94 bits per heavy atom. The molecular weight excluding hydrogens is 228 g/mol. The fourth-order valence-electron chi connectivity index (χ4n) is 2.24. The van der Waals surface area contributed by atoms with Gasteiger partial charge in [0.1, 0.15) is 0 Å². The van der Waals surface area contributed by atoms with E-state index in [1.807, 2.05) is 20.8 Å². The highest BCUT2D eigenvalue weighted by Crippen LogP contribution is 2.33. The Kier molecular flexibility index (Phi) is 2.99.